The molecule has 0 radical (unpaired) electrons. The highest BCUT2D eigenvalue weighted by atomic mass is 16.5. The number of aliphatic hydroxyl groups excluding tert-OH is 1. The molecule has 0 aliphatic heterocycles. The molecule has 0 aliphatic carbocycles. The summed E-state index contributed by atoms with van der Waals surface area (Å²) in [6.45, 7) is 3.36. The molecule has 0 bridgehead atoms. The third-order valence-electron chi connectivity index (χ3n) is 2.76. The molecule has 1 N–H and O–H groups in total. The minimum atomic E-state index is -0.596. The average Bonchev–Trinajstić information content (AvgIpc) is 2.37. The van der Waals surface area contributed by atoms with Gasteiger partial charge in [0, 0.05) is 14.1 Å². The smallest absolute Gasteiger partial charge is 0.262 e. The number of carbonyl (C=O) groups is 1. The number of carbonyl (C=O) groups excluding carboxylic acids is 1. The maximum atomic E-state index is 11.7. The summed E-state index contributed by atoms with van der Waals surface area (Å²) in [5.74, 6) is 0.855. The van der Waals surface area contributed by atoms with E-state index >= 15 is 0 Å². The van der Waals surface area contributed by atoms with E-state index in [0.717, 1.165) is 5.56 Å². The summed E-state index contributed by atoms with van der Waals surface area (Å²) in [4.78, 5) is 13.2. The molecule has 0 fully saturated rings. The van der Waals surface area contributed by atoms with Crippen molar-refractivity contribution in [3.8, 4) is 11.5 Å². The largest absolute Gasteiger partial charge is 0.493 e. The third kappa shape index (κ3) is 3.86. The number of likely N-dealkylation sites (N-methyl/N-ethyl adjacent to an activating group) is 1. The molecule has 1 rings (SSSR count). The maximum absolute atomic E-state index is 11.7. The predicted octanol–water partition coefficient (Wildman–Crippen LogP) is 1.60. The Balaban J connectivity index is 2.92. The zero-order valence-corrected chi connectivity index (χ0v) is 12.0. The molecule has 5 nitrogen and oxygen atoms in total. The van der Waals surface area contributed by atoms with Crippen LogP contribution in [0.4, 0.5) is 0 Å². The zero-order valence-electron chi connectivity index (χ0n) is 12.0. The van der Waals surface area contributed by atoms with Crippen LogP contribution >= 0.6 is 0 Å². The lowest BCUT2D eigenvalue weighted by Gasteiger charge is -2.20. The molecule has 1 amide bonds. The van der Waals surface area contributed by atoms with Gasteiger partial charge in [-0.3, -0.25) is 4.79 Å². The summed E-state index contributed by atoms with van der Waals surface area (Å²) in [5.41, 5.74) is 0.732. The lowest BCUT2D eigenvalue weighted by molar-refractivity contribution is -0.135. The monoisotopic (exact) mass is 267 g/mol. The molecule has 5 heteroatoms. The molecule has 1 aromatic rings. The highest BCUT2D eigenvalue weighted by molar-refractivity contribution is 5.80. The Morgan fingerprint density at radius 1 is 1.26 bits per heavy atom. The van der Waals surface area contributed by atoms with Crippen LogP contribution in [0.15, 0.2) is 18.2 Å². The Bertz CT molecular complexity index is 443. The molecule has 0 heterocycles. The fourth-order valence-corrected chi connectivity index (χ4v) is 1.65. The second kappa shape index (κ2) is 6.43. The Kier molecular flexibility index (Phi) is 5.18. The SMILES string of the molecule is COc1cc([C@H](C)O)ccc1OC(C)C(=O)N(C)C. The number of amides is 1. The van der Waals surface area contributed by atoms with Gasteiger partial charge in [0.25, 0.3) is 5.91 Å². The van der Waals surface area contributed by atoms with Crippen LogP contribution in [0.5, 0.6) is 11.5 Å². The number of methoxy groups -OCH3 is 1. The first-order valence-electron chi connectivity index (χ1n) is 6.10. The first-order valence-corrected chi connectivity index (χ1v) is 6.10. The fraction of sp³-hybridized carbons (Fsp3) is 0.500. The number of aliphatic hydroxyl groups is 1. The van der Waals surface area contributed by atoms with Crippen LogP contribution in [0.1, 0.15) is 25.5 Å². The van der Waals surface area contributed by atoms with E-state index in [1.807, 2.05) is 0 Å². The van der Waals surface area contributed by atoms with Crippen LogP contribution in [0.2, 0.25) is 0 Å². The summed E-state index contributed by atoms with van der Waals surface area (Å²) in [6.07, 6.45) is -1.18. The van der Waals surface area contributed by atoms with E-state index in [2.05, 4.69) is 0 Å². The number of hydrogen-bond acceptors (Lipinski definition) is 4. The van der Waals surface area contributed by atoms with Crippen molar-refractivity contribution in [2.45, 2.75) is 26.1 Å². The summed E-state index contributed by atoms with van der Waals surface area (Å²) in [7, 11) is 4.87. The molecule has 0 aliphatic rings. The topological polar surface area (TPSA) is 59.0 Å². The highest BCUT2D eigenvalue weighted by Gasteiger charge is 2.18. The first kappa shape index (κ1) is 15.3. The van der Waals surface area contributed by atoms with Gasteiger partial charge in [0.1, 0.15) is 0 Å². The van der Waals surface area contributed by atoms with Crippen LogP contribution < -0.4 is 9.47 Å². The number of ether oxygens (including phenoxy) is 2. The Morgan fingerprint density at radius 2 is 1.89 bits per heavy atom. The van der Waals surface area contributed by atoms with Crippen molar-refractivity contribution in [1.29, 1.82) is 0 Å². The summed E-state index contributed by atoms with van der Waals surface area (Å²) < 4.78 is 10.8. The third-order valence-corrected chi connectivity index (χ3v) is 2.76. The van der Waals surface area contributed by atoms with Crippen molar-refractivity contribution < 1.29 is 19.4 Å². The number of rotatable bonds is 5. The second-order valence-corrected chi connectivity index (χ2v) is 4.58. The summed E-state index contributed by atoms with van der Waals surface area (Å²) in [6, 6.07) is 5.14. The summed E-state index contributed by atoms with van der Waals surface area (Å²) >= 11 is 0. The fourth-order valence-electron chi connectivity index (χ4n) is 1.65. The van der Waals surface area contributed by atoms with E-state index in [-0.39, 0.29) is 5.91 Å². The molecule has 19 heavy (non-hydrogen) atoms. The normalized spacial score (nSPS) is 13.6. The molecule has 0 spiro atoms. The number of nitrogens with zero attached hydrogens (tertiary/aromatic N) is 1. The van der Waals surface area contributed by atoms with Crippen LogP contribution in [-0.2, 0) is 4.79 Å². The molecule has 0 saturated carbocycles. The van der Waals surface area contributed by atoms with Gasteiger partial charge in [0.2, 0.25) is 0 Å². The highest BCUT2D eigenvalue weighted by Crippen LogP contribution is 2.31. The van der Waals surface area contributed by atoms with Crippen molar-refractivity contribution in [2.24, 2.45) is 0 Å². The Labute approximate surface area is 113 Å². The van der Waals surface area contributed by atoms with E-state index in [1.54, 1.807) is 46.1 Å². The van der Waals surface area contributed by atoms with Gasteiger partial charge in [-0.1, -0.05) is 6.07 Å². The van der Waals surface area contributed by atoms with Crippen molar-refractivity contribution >= 4 is 5.91 Å². The Morgan fingerprint density at radius 3 is 2.37 bits per heavy atom. The quantitative estimate of drug-likeness (QED) is 0.880. The van der Waals surface area contributed by atoms with Crippen LogP contribution in [0.3, 0.4) is 0 Å². The van der Waals surface area contributed by atoms with E-state index in [9.17, 15) is 9.90 Å². The second-order valence-electron chi connectivity index (χ2n) is 4.58. The van der Waals surface area contributed by atoms with Crippen molar-refractivity contribution in [3.63, 3.8) is 0 Å². The molecule has 0 saturated heterocycles. The standard InChI is InChI=1S/C14H21NO4/c1-9(16)11-6-7-12(13(8-11)18-5)19-10(2)14(17)15(3)4/h6-10,16H,1-5H3/t9-,10?/m0/s1. The number of hydrogen-bond donors (Lipinski definition) is 1. The van der Waals surface area contributed by atoms with E-state index in [4.69, 9.17) is 9.47 Å². The molecule has 106 valence electrons. The van der Waals surface area contributed by atoms with Gasteiger partial charge >= 0.3 is 0 Å². The minimum Gasteiger partial charge on any atom is -0.493 e. The average molecular weight is 267 g/mol. The van der Waals surface area contributed by atoms with E-state index in [1.165, 1.54) is 12.0 Å². The Hall–Kier alpha value is -1.75. The first-order chi connectivity index (χ1) is 8.86. The molecule has 1 aromatic carbocycles. The van der Waals surface area contributed by atoms with Crippen molar-refractivity contribution in [2.75, 3.05) is 21.2 Å². The number of benzene rings is 1. The molecular weight excluding hydrogens is 246 g/mol. The van der Waals surface area contributed by atoms with Gasteiger partial charge < -0.3 is 19.5 Å². The van der Waals surface area contributed by atoms with Gasteiger partial charge in [-0.05, 0) is 31.5 Å². The van der Waals surface area contributed by atoms with Crippen LogP contribution in [0.25, 0.3) is 0 Å². The van der Waals surface area contributed by atoms with Gasteiger partial charge in [0.15, 0.2) is 17.6 Å². The van der Waals surface area contributed by atoms with Crippen molar-refractivity contribution in [3.05, 3.63) is 23.8 Å². The predicted molar refractivity (Wildman–Crippen MR) is 72.4 cm³/mol. The van der Waals surface area contributed by atoms with Crippen LogP contribution in [-0.4, -0.2) is 43.2 Å². The van der Waals surface area contributed by atoms with E-state index < -0.39 is 12.2 Å². The zero-order chi connectivity index (χ0) is 14.6. The van der Waals surface area contributed by atoms with Gasteiger partial charge in [-0.25, -0.2) is 0 Å². The lowest BCUT2D eigenvalue weighted by Crippen LogP contribution is -2.35. The summed E-state index contributed by atoms with van der Waals surface area (Å²) in [5, 5.41) is 9.52. The molecular formula is C14H21NO4. The maximum Gasteiger partial charge on any atom is 0.262 e. The van der Waals surface area contributed by atoms with Gasteiger partial charge in [-0.2, -0.15) is 0 Å². The lowest BCUT2D eigenvalue weighted by atomic mass is 10.1. The molecule has 1 unspecified atom stereocenters. The van der Waals surface area contributed by atoms with Crippen LogP contribution in [0, 0.1) is 0 Å². The minimum absolute atomic E-state index is 0.123. The van der Waals surface area contributed by atoms with Crippen molar-refractivity contribution in [1.82, 2.24) is 4.90 Å². The van der Waals surface area contributed by atoms with Gasteiger partial charge in [0.05, 0.1) is 13.2 Å². The molecule has 2 atom stereocenters. The van der Waals surface area contributed by atoms with Gasteiger partial charge in [-0.15, -0.1) is 0 Å². The van der Waals surface area contributed by atoms with E-state index in [0.29, 0.717) is 11.5 Å². The molecule has 0 aromatic heterocycles.